The van der Waals surface area contributed by atoms with Crippen molar-refractivity contribution in [2.75, 3.05) is 30.7 Å². The molecule has 3 heterocycles. The number of hydrogen-bond donors (Lipinski definition) is 3. The average molecular weight is 445 g/mol. The number of nitrogens with one attached hydrogen (secondary N) is 2. The van der Waals surface area contributed by atoms with Gasteiger partial charge >= 0.3 is 0 Å². The lowest BCUT2D eigenvalue weighted by Crippen LogP contribution is -2.63. The largest absolute Gasteiger partial charge is 0.397 e. The first-order chi connectivity index (χ1) is 16.0. The van der Waals surface area contributed by atoms with E-state index in [2.05, 4.69) is 56.7 Å². The van der Waals surface area contributed by atoms with E-state index in [1.54, 1.807) is 12.4 Å². The van der Waals surface area contributed by atoms with E-state index in [0.717, 1.165) is 48.2 Å². The van der Waals surface area contributed by atoms with Gasteiger partial charge in [-0.2, -0.15) is 0 Å². The topological polar surface area (TPSA) is 96.2 Å². The fourth-order valence-electron chi connectivity index (χ4n) is 5.16. The summed E-state index contributed by atoms with van der Waals surface area (Å²) in [6.45, 7) is 4.17. The minimum atomic E-state index is 0.0178. The Morgan fingerprint density at radius 3 is 2.67 bits per heavy atom. The standard InChI is InChI=1S/C26H32N6O/c1-17-2-3-18-10-11-28-26(23(18)12-17)30-14-25(33)31-21-15-32(16-21)22-7-4-19(5-8-22)24-9-6-20(27)13-29-24/h2-3,6,9-13,19,21-22H,4-5,7-8,14-16,27H2,1H3,(H,28,30)(H,31,33). The summed E-state index contributed by atoms with van der Waals surface area (Å²) >= 11 is 0. The van der Waals surface area contributed by atoms with Gasteiger partial charge in [0.25, 0.3) is 0 Å². The number of carbonyl (C=O) groups excluding carboxylic acids is 1. The molecule has 2 aromatic heterocycles. The maximum atomic E-state index is 12.5. The summed E-state index contributed by atoms with van der Waals surface area (Å²) in [5.41, 5.74) is 8.83. The van der Waals surface area contributed by atoms with E-state index in [1.807, 2.05) is 12.1 Å². The van der Waals surface area contributed by atoms with Gasteiger partial charge in [-0.15, -0.1) is 0 Å². The number of benzene rings is 1. The Morgan fingerprint density at radius 2 is 1.91 bits per heavy atom. The maximum absolute atomic E-state index is 12.5. The van der Waals surface area contributed by atoms with Crippen LogP contribution < -0.4 is 16.4 Å². The number of likely N-dealkylation sites (tertiary alicyclic amines) is 1. The molecule has 1 aromatic carbocycles. The van der Waals surface area contributed by atoms with E-state index >= 15 is 0 Å². The van der Waals surface area contributed by atoms with Crippen LogP contribution in [-0.4, -0.2) is 52.5 Å². The minimum absolute atomic E-state index is 0.0178. The molecule has 4 N–H and O–H groups in total. The third-order valence-corrected chi connectivity index (χ3v) is 7.05. The third kappa shape index (κ3) is 4.93. The van der Waals surface area contributed by atoms with Crippen molar-refractivity contribution in [2.24, 2.45) is 0 Å². The van der Waals surface area contributed by atoms with Gasteiger partial charge in [0.1, 0.15) is 5.82 Å². The van der Waals surface area contributed by atoms with Gasteiger partial charge < -0.3 is 16.4 Å². The molecule has 1 aliphatic heterocycles. The second-order valence-corrected chi connectivity index (χ2v) is 9.48. The maximum Gasteiger partial charge on any atom is 0.239 e. The van der Waals surface area contributed by atoms with E-state index in [1.165, 1.54) is 24.1 Å². The molecule has 7 heteroatoms. The molecule has 3 aromatic rings. The molecule has 0 spiro atoms. The summed E-state index contributed by atoms with van der Waals surface area (Å²) < 4.78 is 0. The number of pyridine rings is 2. The highest BCUT2D eigenvalue weighted by Crippen LogP contribution is 2.35. The smallest absolute Gasteiger partial charge is 0.239 e. The molecule has 2 aliphatic rings. The van der Waals surface area contributed by atoms with E-state index in [4.69, 9.17) is 5.73 Å². The van der Waals surface area contributed by atoms with Gasteiger partial charge in [0.15, 0.2) is 0 Å². The Morgan fingerprint density at radius 1 is 1.09 bits per heavy atom. The zero-order valence-electron chi connectivity index (χ0n) is 19.1. The molecule has 1 saturated heterocycles. The Balaban J connectivity index is 1.05. The lowest BCUT2D eigenvalue weighted by Gasteiger charge is -2.46. The number of nitrogen functional groups attached to an aromatic ring is 1. The number of nitrogens with zero attached hydrogens (tertiary/aromatic N) is 3. The Hall–Kier alpha value is -3.19. The summed E-state index contributed by atoms with van der Waals surface area (Å²) in [6.07, 6.45) is 8.24. The molecule has 33 heavy (non-hydrogen) atoms. The van der Waals surface area contributed by atoms with Crippen molar-refractivity contribution in [2.45, 2.75) is 50.6 Å². The van der Waals surface area contributed by atoms with E-state index in [-0.39, 0.29) is 18.5 Å². The van der Waals surface area contributed by atoms with Crippen LogP contribution in [0.5, 0.6) is 0 Å². The number of amides is 1. The van der Waals surface area contributed by atoms with Crippen molar-refractivity contribution in [3.8, 4) is 0 Å². The van der Waals surface area contributed by atoms with Gasteiger partial charge in [0.2, 0.25) is 5.91 Å². The molecule has 1 amide bonds. The van der Waals surface area contributed by atoms with Crippen LogP contribution in [0.25, 0.3) is 10.8 Å². The predicted molar refractivity (Wildman–Crippen MR) is 132 cm³/mol. The van der Waals surface area contributed by atoms with E-state index in [9.17, 15) is 4.79 Å². The first-order valence-electron chi connectivity index (χ1n) is 11.9. The fourth-order valence-corrected chi connectivity index (χ4v) is 5.16. The third-order valence-electron chi connectivity index (χ3n) is 7.05. The summed E-state index contributed by atoms with van der Waals surface area (Å²) in [5.74, 6) is 1.31. The van der Waals surface area contributed by atoms with Crippen molar-refractivity contribution >= 4 is 28.2 Å². The summed E-state index contributed by atoms with van der Waals surface area (Å²) in [4.78, 5) is 24.0. The van der Waals surface area contributed by atoms with Crippen LogP contribution in [0.2, 0.25) is 0 Å². The minimum Gasteiger partial charge on any atom is -0.397 e. The van der Waals surface area contributed by atoms with Crippen molar-refractivity contribution in [1.82, 2.24) is 20.2 Å². The van der Waals surface area contributed by atoms with Gasteiger partial charge in [0, 0.05) is 42.3 Å². The molecule has 1 saturated carbocycles. The van der Waals surface area contributed by atoms with E-state index < -0.39 is 0 Å². The summed E-state index contributed by atoms with van der Waals surface area (Å²) in [7, 11) is 0. The Labute approximate surface area is 194 Å². The highest BCUT2D eigenvalue weighted by atomic mass is 16.2. The zero-order valence-corrected chi connectivity index (χ0v) is 19.1. The number of aromatic nitrogens is 2. The normalized spacial score (nSPS) is 21.5. The number of hydrogen-bond acceptors (Lipinski definition) is 6. The predicted octanol–water partition coefficient (Wildman–Crippen LogP) is 3.46. The first-order valence-corrected chi connectivity index (χ1v) is 11.9. The van der Waals surface area contributed by atoms with Gasteiger partial charge in [-0.1, -0.05) is 17.7 Å². The second kappa shape index (κ2) is 9.35. The lowest BCUT2D eigenvalue weighted by atomic mass is 9.82. The van der Waals surface area contributed by atoms with Crippen molar-refractivity contribution in [3.63, 3.8) is 0 Å². The van der Waals surface area contributed by atoms with Crippen LogP contribution in [-0.2, 0) is 4.79 Å². The van der Waals surface area contributed by atoms with Gasteiger partial charge in [-0.3, -0.25) is 14.7 Å². The molecule has 5 rings (SSSR count). The van der Waals surface area contributed by atoms with Gasteiger partial charge in [-0.25, -0.2) is 4.98 Å². The van der Waals surface area contributed by atoms with Crippen molar-refractivity contribution in [3.05, 3.63) is 60.0 Å². The Bertz CT molecular complexity index is 1120. The quantitative estimate of drug-likeness (QED) is 0.539. The number of carbonyl (C=O) groups is 1. The number of rotatable bonds is 6. The molecule has 0 atom stereocenters. The molecule has 7 nitrogen and oxygen atoms in total. The Kier molecular flexibility index (Phi) is 6.13. The monoisotopic (exact) mass is 444 g/mol. The summed E-state index contributed by atoms with van der Waals surface area (Å²) in [5, 5.41) is 8.55. The highest BCUT2D eigenvalue weighted by molar-refractivity contribution is 5.93. The van der Waals surface area contributed by atoms with Crippen LogP contribution in [0.3, 0.4) is 0 Å². The first kappa shape index (κ1) is 21.6. The number of fused-ring (bicyclic) bond motifs is 1. The average Bonchev–Trinajstić information content (AvgIpc) is 2.80. The number of aryl methyl sites for hydroxylation is 1. The zero-order chi connectivity index (χ0) is 22.8. The van der Waals surface area contributed by atoms with Crippen molar-refractivity contribution < 1.29 is 4.79 Å². The van der Waals surface area contributed by atoms with Crippen LogP contribution in [0.1, 0.15) is 42.9 Å². The van der Waals surface area contributed by atoms with Crippen LogP contribution in [0.4, 0.5) is 11.5 Å². The van der Waals surface area contributed by atoms with Crippen LogP contribution in [0, 0.1) is 6.92 Å². The van der Waals surface area contributed by atoms with Crippen LogP contribution >= 0.6 is 0 Å². The molecule has 1 aliphatic carbocycles. The molecule has 0 radical (unpaired) electrons. The van der Waals surface area contributed by atoms with Gasteiger partial charge in [0.05, 0.1) is 24.5 Å². The van der Waals surface area contributed by atoms with E-state index in [0.29, 0.717) is 12.0 Å². The molecular weight excluding hydrogens is 412 g/mol. The molecular formula is C26H32N6O. The van der Waals surface area contributed by atoms with Gasteiger partial charge in [-0.05, 0) is 62.3 Å². The molecule has 172 valence electrons. The molecule has 2 fully saturated rings. The van der Waals surface area contributed by atoms with Crippen molar-refractivity contribution in [1.29, 1.82) is 0 Å². The number of anilines is 2. The summed E-state index contributed by atoms with van der Waals surface area (Å²) in [6, 6.07) is 13.1. The molecule has 0 unspecified atom stereocenters. The number of nitrogens with two attached hydrogens (primary N) is 1. The SMILES string of the molecule is Cc1ccc2ccnc(NCC(=O)NC3CN(C4CCC(c5ccc(N)cn5)CC4)C3)c2c1. The highest BCUT2D eigenvalue weighted by Gasteiger charge is 2.35. The molecule has 0 bridgehead atoms. The fraction of sp³-hybridized carbons (Fsp3) is 0.423. The second-order valence-electron chi connectivity index (χ2n) is 9.48. The lowest BCUT2D eigenvalue weighted by molar-refractivity contribution is -0.121. The van der Waals surface area contributed by atoms with Crippen LogP contribution in [0.15, 0.2) is 48.8 Å².